The summed E-state index contributed by atoms with van der Waals surface area (Å²) in [6.45, 7) is 9.99. The summed E-state index contributed by atoms with van der Waals surface area (Å²) in [6.07, 6.45) is 8.52. The molecular formula is C43H46Cl4Hf-2. The molecule has 0 heterocycles. The first-order valence-corrected chi connectivity index (χ1v) is 19.6. The van der Waals surface area contributed by atoms with Gasteiger partial charge in [-0.25, -0.2) is 29.2 Å². The van der Waals surface area contributed by atoms with E-state index in [1.54, 1.807) is 17.0 Å². The van der Waals surface area contributed by atoms with Gasteiger partial charge in [0.05, 0.1) is 0 Å². The summed E-state index contributed by atoms with van der Waals surface area (Å²) in [5.74, 6) is 6.00. The van der Waals surface area contributed by atoms with Crippen molar-refractivity contribution in [2.24, 2.45) is 29.1 Å². The van der Waals surface area contributed by atoms with Gasteiger partial charge in [-0.3, -0.25) is 0 Å². The molecule has 4 aromatic carbocycles. The average molecular weight is 883 g/mol. The van der Waals surface area contributed by atoms with E-state index in [0.717, 1.165) is 63.5 Å². The summed E-state index contributed by atoms with van der Waals surface area (Å²) in [5, 5.41) is 1.55. The fourth-order valence-electron chi connectivity index (χ4n) is 8.73. The fraction of sp³-hybridized carbons (Fsp3) is 0.372. The van der Waals surface area contributed by atoms with Crippen molar-refractivity contribution >= 4 is 26.5 Å². The summed E-state index contributed by atoms with van der Waals surface area (Å²) < 4.78 is 1.35. The van der Waals surface area contributed by atoms with Crippen molar-refractivity contribution in [2.45, 2.75) is 72.1 Å². The minimum Gasteiger partial charge on any atom is -1.00 e. The Bertz CT molecular complexity index is 1590. The topological polar surface area (TPSA) is 0 Å². The van der Waals surface area contributed by atoms with Crippen LogP contribution in [0.25, 0.3) is 0 Å². The van der Waals surface area contributed by atoms with Gasteiger partial charge in [0.25, 0.3) is 0 Å². The van der Waals surface area contributed by atoms with Crippen molar-refractivity contribution in [3.63, 3.8) is 0 Å². The first-order valence-electron chi connectivity index (χ1n) is 17.1. The predicted molar refractivity (Wildman–Crippen MR) is 193 cm³/mol. The summed E-state index contributed by atoms with van der Waals surface area (Å²) in [7, 11) is 0. The molecule has 2 saturated carbocycles. The Hall–Kier alpha value is -1.48. The Balaban J connectivity index is 0.000000195. The van der Waals surface area contributed by atoms with Gasteiger partial charge in [0.15, 0.2) is 0 Å². The third-order valence-electron chi connectivity index (χ3n) is 11.7. The average Bonchev–Trinajstić information content (AvgIpc) is 3.77. The van der Waals surface area contributed by atoms with Crippen LogP contribution >= 0.6 is 23.2 Å². The van der Waals surface area contributed by atoms with E-state index < -0.39 is 0 Å². The van der Waals surface area contributed by atoms with E-state index in [-0.39, 0.29) is 24.8 Å². The summed E-state index contributed by atoms with van der Waals surface area (Å²) in [5.41, 5.74) is 9.82. The molecule has 5 unspecified atom stereocenters. The van der Waals surface area contributed by atoms with Crippen LogP contribution in [0.3, 0.4) is 0 Å². The number of hydrogen-bond acceptors (Lipinski definition) is 0. The van der Waals surface area contributed by atoms with Crippen molar-refractivity contribution in [3.05, 3.63) is 152 Å². The minimum atomic E-state index is 0. The number of rotatable bonds is 2. The summed E-state index contributed by atoms with van der Waals surface area (Å²) in [6, 6.07) is 35.3. The van der Waals surface area contributed by atoms with Crippen LogP contribution in [-0.2, 0) is 30.3 Å². The van der Waals surface area contributed by atoms with Gasteiger partial charge in [-0.15, -0.1) is 6.92 Å². The summed E-state index contributed by atoms with van der Waals surface area (Å²) >= 11 is 12.7. The Morgan fingerprint density at radius 1 is 0.792 bits per heavy atom. The molecule has 2 fully saturated rings. The Kier molecular flexibility index (Phi) is 14.0. The van der Waals surface area contributed by atoms with Gasteiger partial charge < -0.3 is 24.8 Å². The Labute approximate surface area is 326 Å². The van der Waals surface area contributed by atoms with Crippen LogP contribution < -0.4 is 24.8 Å². The molecule has 0 bridgehead atoms. The fourth-order valence-corrected chi connectivity index (χ4v) is 10.2. The standard InChI is InChI=1S/C25H33.C13H8Cl2.C5H5.2ClH.Hf/c1-15-13-21-19-11-7-8-12-20(19)24-18-10-6-5-9-17(18)14-22(24)23(21)16(2)25(15,3)4;14-12-5-1-10(2-6-12)9-11-3-7-13(15)8-4-11;1-2-4-5-3-1;;;/h5-6,9-10,15,19-21,24H,7-8,11-14H2,1-4H3;1-8H;1-5H;2*1H;/q-1;;-1;;;+2/p-2. The van der Waals surface area contributed by atoms with E-state index in [1.807, 2.05) is 65.7 Å². The molecule has 0 saturated heterocycles. The van der Waals surface area contributed by atoms with Crippen molar-refractivity contribution in [3.8, 4) is 0 Å². The van der Waals surface area contributed by atoms with Gasteiger partial charge in [0.1, 0.15) is 0 Å². The van der Waals surface area contributed by atoms with Crippen molar-refractivity contribution in [1.82, 2.24) is 0 Å². The molecule has 8 rings (SSSR count). The molecule has 4 aliphatic carbocycles. The second-order valence-corrected chi connectivity index (χ2v) is 17.0. The smallest absolute Gasteiger partial charge is 0.172 e. The minimum absolute atomic E-state index is 0. The van der Waals surface area contributed by atoms with E-state index in [4.69, 9.17) is 23.2 Å². The van der Waals surface area contributed by atoms with Gasteiger partial charge >= 0.3 is 120 Å². The molecule has 0 N–H and O–H groups in total. The number of hydrogen-bond donors (Lipinski definition) is 0. The van der Waals surface area contributed by atoms with E-state index in [1.165, 1.54) is 52.9 Å². The van der Waals surface area contributed by atoms with Gasteiger partial charge in [0.2, 0.25) is 0 Å². The first kappa shape index (κ1) is 39.3. The van der Waals surface area contributed by atoms with E-state index in [2.05, 4.69) is 76.2 Å². The molecule has 0 radical (unpaired) electrons. The van der Waals surface area contributed by atoms with E-state index in [9.17, 15) is 0 Å². The van der Waals surface area contributed by atoms with Crippen LogP contribution in [0.15, 0.2) is 114 Å². The molecular weight excluding hydrogens is 837 g/mol. The molecule has 5 heteroatoms. The molecule has 5 atom stereocenters. The van der Waals surface area contributed by atoms with Gasteiger partial charge in [0, 0.05) is 0 Å². The van der Waals surface area contributed by atoms with Crippen LogP contribution in [0.1, 0.15) is 88.0 Å². The monoisotopic (exact) mass is 882 g/mol. The quantitative estimate of drug-likeness (QED) is 0.165. The van der Waals surface area contributed by atoms with E-state index in [0.29, 0.717) is 5.41 Å². The zero-order valence-corrected chi connectivity index (χ0v) is 35.1. The largest absolute Gasteiger partial charge is 1.00 e. The molecule has 0 amide bonds. The molecule has 0 spiro atoms. The van der Waals surface area contributed by atoms with E-state index >= 15 is 0 Å². The third kappa shape index (κ3) is 8.18. The molecule has 0 aliphatic heterocycles. The van der Waals surface area contributed by atoms with Crippen LogP contribution in [0.4, 0.5) is 0 Å². The maximum atomic E-state index is 5.87. The number of allylic oxidation sites excluding steroid dienone is 2. The maximum absolute atomic E-state index is 5.87. The number of benzene rings is 3. The second-order valence-electron chi connectivity index (χ2n) is 14.3. The zero-order chi connectivity index (χ0) is 32.4. The molecule has 252 valence electrons. The predicted octanol–water partition coefficient (Wildman–Crippen LogP) is 6.24. The first-order chi connectivity index (χ1) is 22.2. The summed E-state index contributed by atoms with van der Waals surface area (Å²) in [4.78, 5) is 0. The van der Waals surface area contributed by atoms with Gasteiger partial charge in [-0.2, -0.15) is 18.2 Å². The van der Waals surface area contributed by atoms with Gasteiger partial charge in [-0.1, -0.05) is 99.1 Å². The Morgan fingerprint density at radius 3 is 1.88 bits per heavy atom. The molecule has 4 aliphatic rings. The van der Waals surface area contributed by atoms with Crippen LogP contribution in [0.2, 0.25) is 10.0 Å². The SMILES string of the molecule is C[C-]1C2=C3Cc4ccccc4C3C3CCCCC3C2CC(C)C1(C)C.Clc1ccc([C](=[Hf+2])c2ccc(Cl)cc2)cc1.[Cl-].[Cl-].c1cc[cH-]c1. The second kappa shape index (κ2) is 17.2. The third-order valence-corrected chi connectivity index (χ3v) is 14.3. The van der Waals surface area contributed by atoms with Crippen molar-refractivity contribution in [1.29, 1.82) is 0 Å². The molecule has 0 nitrogen and oxygen atoms in total. The zero-order valence-electron chi connectivity index (χ0n) is 28.5. The van der Waals surface area contributed by atoms with Gasteiger partial charge in [-0.05, 0) is 30.6 Å². The molecule has 4 aromatic rings. The van der Waals surface area contributed by atoms with Crippen LogP contribution in [0.5, 0.6) is 0 Å². The van der Waals surface area contributed by atoms with Crippen molar-refractivity contribution < 1.29 is 48.7 Å². The number of fused-ring (bicyclic) bond motifs is 7. The Morgan fingerprint density at radius 2 is 1.33 bits per heavy atom. The molecule has 48 heavy (non-hydrogen) atoms. The maximum Gasteiger partial charge on any atom is -0.172 e. The molecule has 0 aromatic heterocycles. The number of halogens is 4. The van der Waals surface area contributed by atoms with Crippen LogP contribution in [-0.4, -0.2) is 3.26 Å². The van der Waals surface area contributed by atoms with Crippen molar-refractivity contribution in [2.75, 3.05) is 0 Å². The normalized spacial score (nSPS) is 24.4. The van der Waals surface area contributed by atoms with Crippen LogP contribution in [0, 0.1) is 35.0 Å².